The first-order valence-electron chi connectivity index (χ1n) is 9.08. The highest BCUT2D eigenvalue weighted by atomic mass is 79.9. The van der Waals surface area contributed by atoms with Crippen LogP contribution < -0.4 is 5.32 Å². The third kappa shape index (κ3) is 4.53. The van der Waals surface area contributed by atoms with Gasteiger partial charge in [0.15, 0.2) is 0 Å². The van der Waals surface area contributed by atoms with Crippen molar-refractivity contribution in [2.45, 2.75) is 39.8 Å². The molecular weight excluding hydrogens is 440 g/mol. The van der Waals surface area contributed by atoms with Gasteiger partial charge in [0.1, 0.15) is 18.4 Å². The Morgan fingerprint density at radius 3 is 2.72 bits per heavy atom. The number of hydrogen-bond acceptors (Lipinski definition) is 5. The highest BCUT2D eigenvalue weighted by Gasteiger charge is 2.22. The lowest BCUT2D eigenvalue weighted by Crippen LogP contribution is -2.26. The van der Waals surface area contributed by atoms with Crippen LogP contribution in [0.3, 0.4) is 0 Å². The molecule has 0 spiro atoms. The number of nitrogens with zero attached hydrogens (tertiary/aromatic N) is 5. The minimum absolute atomic E-state index is 0.144. The van der Waals surface area contributed by atoms with Crippen LogP contribution in [-0.2, 0) is 11.3 Å². The van der Waals surface area contributed by atoms with Crippen molar-refractivity contribution >= 4 is 33.2 Å². The van der Waals surface area contributed by atoms with E-state index in [-0.39, 0.29) is 11.6 Å². The fraction of sp³-hybridized carbons (Fsp3) is 0.316. The van der Waals surface area contributed by atoms with Crippen LogP contribution in [0.5, 0.6) is 0 Å². The van der Waals surface area contributed by atoms with Crippen molar-refractivity contribution in [3.8, 4) is 0 Å². The molecular formula is C19H21BrN6O3. The summed E-state index contributed by atoms with van der Waals surface area (Å²) < 4.78 is 4.21. The van der Waals surface area contributed by atoms with Gasteiger partial charge in [0, 0.05) is 5.69 Å². The number of hydrogen-bond donors (Lipinski definition) is 1. The van der Waals surface area contributed by atoms with Crippen molar-refractivity contribution in [2.75, 3.05) is 5.32 Å². The van der Waals surface area contributed by atoms with Crippen LogP contribution in [0, 0.1) is 24.0 Å². The fourth-order valence-corrected chi connectivity index (χ4v) is 3.34. The van der Waals surface area contributed by atoms with E-state index < -0.39 is 11.0 Å². The van der Waals surface area contributed by atoms with Crippen molar-refractivity contribution in [1.82, 2.24) is 19.6 Å². The van der Waals surface area contributed by atoms with E-state index in [0.717, 1.165) is 27.6 Å². The lowest BCUT2D eigenvalue weighted by molar-refractivity contribution is -0.385. The Labute approximate surface area is 176 Å². The normalized spacial score (nSPS) is 12.0. The summed E-state index contributed by atoms with van der Waals surface area (Å²) in [6, 6.07) is 6.89. The van der Waals surface area contributed by atoms with E-state index in [9.17, 15) is 14.9 Å². The molecule has 0 fully saturated rings. The maximum Gasteiger partial charge on any atom is 0.307 e. The first-order valence-corrected chi connectivity index (χ1v) is 9.87. The van der Waals surface area contributed by atoms with Gasteiger partial charge in [0.2, 0.25) is 5.91 Å². The van der Waals surface area contributed by atoms with Crippen LogP contribution in [-0.4, -0.2) is 30.4 Å². The Balaban J connectivity index is 1.75. The average Bonchev–Trinajstić information content (AvgIpc) is 3.25. The number of carbonyl (C=O) groups is 1. The molecule has 152 valence electrons. The van der Waals surface area contributed by atoms with E-state index >= 15 is 0 Å². The molecule has 0 bridgehead atoms. The first kappa shape index (κ1) is 20.7. The number of nitrogens with one attached hydrogen (secondary N) is 1. The summed E-state index contributed by atoms with van der Waals surface area (Å²) >= 11 is 3.53. The molecule has 0 saturated carbocycles. The summed E-state index contributed by atoms with van der Waals surface area (Å²) in [6.45, 7) is 6.33. The molecule has 3 rings (SSSR count). The summed E-state index contributed by atoms with van der Waals surface area (Å²) in [5.74, 6) is -0.281. The molecule has 29 heavy (non-hydrogen) atoms. The predicted molar refractivity (Wildman–Crippen MR) is 112 cm³/mol. The Kier molecular flexibility index (Phi) is 6.12. The van der Waals surface area contributed by atoms with Crippen molar-refractivity contribution in [1.29, 1.82) is 0 Å². The minimum atomic E-state index is -0.640. The van der Waals surface area contributed by atoms with E-state index in [1.165, 1.54) is 10.9 Å². The van der Waals surface area contributed by atoms with Gasteiger partial charge >= 0.3 is 5.69 Å². The summed E-state index contributed by atoms with van der Waals surface area (Å²) in [6.07, 6.45) is 2.86. The summed E-state index contributed by atoms with van der Waals surface area (Å²) in [5, 5.41) is 22.2. The molecule has 3 aromatic rings. The number of aryl methyl sites for hydroxylation is 1. The van der Waals surface area contributed by atoms with Gasteiger partial charge in [-0.3, -0.25) is 24.3 Å². The van der Waals surface area contributed by atoms with Gasteiger partial charge in [-0.25, -0.2) is 0 Å². The quantitative estimate of drug-likeness (QED) is 0.423. The molecule has 2 heterocycles. The zero-order chi connectivity index (χ0) is 21.1. The second-order valence-electron chi connectivity index (χ2n) is 6.69. The molecule has 1 unspecified atom stereocenters. The molecule has 0 aliphatic heterocycles. The first-order chi connectivity index (χ1) is 13.8. The number of nitro groups is 1. The Hall–Kier alpha value is -3.01. The van der Waals surface area contributed by atoms with Crippen LogP contribution >= 0.6 is 15.9 Å². The number of halogens is 1. The van der Waals surface area contributed by atoms with E-state index in [4.69, 9.17) is 0 Å². The molecule has 2 aromatic heterocycles. The maximum absolute atomic E-state index is 12.7. The topological polar surface area (TPSA) is 108 Å². The van der Waals surface area contributed by atoms with Gasteiger partial charge in [-0.1, -0.05) is 19.1 Å². The highest BCUT2D eigenvalue weighted by molar-refractivity contribution is 9.10. The molecule has 0 saturated heterocycles. The highest BCUT2D eigenvalue weighted by Crippen LogP contribution is 2.22. The van der Waals surface area contributed by atoms with Crippen molar-refractivity contribution in [3.05, 3.63) is 68.2 Å². The summed E-state index contributed by atoms with van der Waals surface area (Å²) in [5.41, 5.74) is 3.44. The van der Waals surface area contributed by atoms with Crippen molar-refractivity contribution in [2.24, 2.45) is 0 Å². The van der Waals surface area contributed by atoms with E-state index in [0.29, 0.717) is 18.7 Å². The van der Waals surface area contributed by atoms with E-state index in [1.54, 1.807) is 6.07 Å². The lowest BCUT2D eigenvalue weighted by Gasteiger charge is -2.15. The summed E-state index contributed by atoms with van der Waals surface area (Å²) in [7, 11) is 0. The average molecular weight is 461 g/mol. The number of amides is 1. The van der Waals surface area contributed by atoms with Gasteiger partial charge in [-0.15, -0.1) is 0 Å². The van der Waals surface area contributed by atoms with Gasteiger partial charge < -0.3 is 5.32 Å². The Morgan fingerprint density at radius 2 is 2.14 bits per heavy atom. The van der Waals surface area contributed by atoms with Gasteiger partial charge in [0.05, 0.1) is 27.3 Å². The molecule has 1 amide bonds. The Morgan fingerprint density at radius 1 is 1.38 bits per heavy atom. The monoisotopic (exact) mass is 460 g/mol. The molecule has 10 heteroatoms. The molecule has 1 N–H and O–H groups in total. The van der Waals surface area contributed by atoms with Crippen LogP contribution in [0.25, 0.3) is 0 Å². The van der Waals surface area contributed by atoms with Crippen LogP contribution in [0.1, 0.15) is 36.3 Å². The van der Waals surface area contributed by atoms with Gasteiger partial charge in [-0.05, 0) is 53.9 Å². The number of carbonyl (C=O) groups excluding carboxylic acids is 1. The molecule has 0 radical (unpaired) electrons. The fourth-order valence-electron chi connectivity index (χ4n) is 3.06. The molecule has 1 aromatic carbocycles. The standard InChI is InChI=1S/C19H21BrN6O3/c1-4-17(25-11-16(9-21-25)26(28)29)19(27)22-15-7-5-6-14(8-15)10-24-13(3)18(20)12(2)23-24/h5-9,11,17H,4,10H2,1-3H3,(H,22,27). The lowest BCUT2D eigenvalue weighted by atomic mass is 10.1. The van der Waals surface area contributed by atoms with Crippen molar-refractivity contribution in [3.63, 3.8) is 0 Å². The third-order valence-electron chi connectivity index (χ3n) is 4.63. The van der Waals surface area contributed by atoms with Crippen molar-refractivity contribution < 1.29 is 9.72 Å². The number of benzene rings is 1. The zero-order valence-electron chi connectivity index (χ0n) is 16.3. The van der Waals surface area contributed by atoms with Crippen LogP contribution in [0.15, 0.2) is 41.1 Å². The maximum atomic E-state index is 12.7. The largest absolute Gasteiger partial charge is 0.324 e. The minimum Gasteiger partial charge on any atom is -0.324 e. The van der Waals surface area contributed by atoms with E-state index in [1.807, 2.05) is 43.7 Å². The molecule has 0 aliphatic rings. The van der Waals surface area contributed by atoms with Gasteiger partial charge in [-0.2, -0.15) is 10.2 Å². The van der Waals surface area contributed by atoms with E-state index in [2.05, 4.69) is 31.4 Å². The second kappa shape index (κ2) is 8.56. The van der Waals surface area contributed by atoms with Gasteiger partial charge in [0.25, 0.3) is 0 Å². The van der Waals surface area contributed by atoms with Crippen LogP contribution in [0.4, 0.5) is 11.4 Å². The smallest absolute Gasteiger partial charge is 0.307 e. The Bertz CT molecular complexity index is 1060. The third-order valence-corrected chi connectivity index (χ3v) is 5.78. The predicted octanol–water partition coefficient (Wildman–Crippen LogP) is 4.01. The van der Waals surface area contributed by atoms with Crippen LogP contribution in [0.2, 0.25) is 0 Å². The molecule has 0 aliphatic carbocycles. The zero-order valence-corrected chi connectivity index (χ0v) is 17.9. The number of aromatic nitrogens is 4. The molecule has 9 nitrogen and oxygen atoms in total. The number of anilines is 1. The molecule has 1 atom stereocenters. The summed E-state index contributed by atoms with van der Waals surface area (Å²) in [4.78, 5) is 23.1. The second-order valence-corrected chi connectivity index (χ2v) is 7.48. The number of rotatable bonds is 7. The SMILES string of the molecule is CCC(C(=O)Nc1cccc(Cn2nc(C)c(Br)c2C)c1)n1cc([N+](=O)[O-])cn1.